The number of rotatable bonds is 10. The Morgan fingerprint density at radius 1 is 1.10 bits per heavy atom. The molecule has 0 fully saturated rings. The highest BCUT2D eigenvalue weighted by Crippen LogP contribution is 2.30. The maximum Gasteiger partial charge on any atom is 0.416 e. The van der Waals surface area contributed by atoms with Crippen LogP contribution < -0.4 is 16.7 Å². The van der Waals surface area contributed by atoms with Crippen molar-refractivity contribution in [2.75, 3.05) is 6.61 Å². The highest BCUT2D eigenvalue weighted by molar-refractivity contribution is 6.30. The second kappa shape index (κ2) is 12.6. The minimum absolute atomic E-state index is 0.116. The number of hydrogen-bond donors (Lipinski definition) is 3. The third kappa shape index (κ3) is 8.72. The molecule has 0 unspecified atom stereocenters. The van der Waals surface area contributed by atoms with E-state index < -0.39 is 67.4 Å². The Morgan fingerprint density at radius 2 is 1.76 bits per heavy atom. The van der Waals surface area contributed by atoms with Crippen LogP contribution in [0.1, 0.15) is 11.1 Å². The summed E-state index contributed by atoms with van der Waals surface area (Å²) in [5.74, 6) is -1.25. The predicted octanol–water partition coefficient (Wildman–Crippen LogP) is 3.13. The molecule has 41 heavy (non-hydrogen) atoms. The van der Waals surface area contributed by atoms with Crippen molar-refractivity contribution in [3.05, 3.63) is 75.2 Å². The van der Waals surface area contributed by atoms with Gasteiger partial charge >= 0.3 is 24.1 Å². The number of hydrogen-bond acceptors (Lipinski definition) is 6. The van der Waals surface area contributed by atoms with Gasteiger partial charge in [0.1, 0.15) is 13.2 Å². The number of primary amides is 1. The van der Waals surface area contributed by atoms with Gasteiger partial charge in [-0.2, -0.15) is 26.3 Å². The van der Waals surface area contributed by atoms with E-state index in [1.807, 2.05) is 0 Å². The van der Waals surface area contributed by atoms with Gasteiger partial charge in [0.2, 0.25) is 5.91 Å². The van der Waals surface area contributed by atoms with Crippen LogP contribution in [0.25, 0.3) is 11.4 Å². The predicted molar refractivity (Wildman–Crippen MR) is 132 cm³/mol. The molecule has 0 bridgehead atoms. The van der Waals surface area contributed by atoms with Gasteiger partial charge in [-0.3, -0.25) is 9.36 Å². The largest absolute Gasteiger partial charge is 0.448 e. The smallest absolute Gasteiger partial charge is 0.416 e. The first-order chi connectivity index (χ1) is 19.0. The van der Waals surface area contributed by atoms with E-state index in [0.29, 0.717) is 9.25 Å². The Kier molecular flexibility index (Phi) is 9.70. The second-order valence-corrected chi connectivity index (χ2v) is 9.17. The number of nitrogens with one attached hydrogen (secondary N) is 1. The summed E-state index contributed by atoms with van der Waals surface area (Å²) >= 11 is 5.84. The van der Waals surface area contributed by atoms with Crippen LogP contribution in [0.15, 0.2) is 53.3 Å². The van der Waals surface area contributed by atoms with Crippen LogP contribution in [-0.2, 0) is 35.2 Å². The molecule has 0 spiro atoms. The van der Waals surface area contributed by atoms with Gasteiger partial charge in [-0.05, 0) is 42.3 Å². The van der Waals surface area contributed by atoms with E-state index in [9.17, 15) is 45.8 Å². The number of nitrogens with two attached hydrogens (primary N) is 1. The Hall–Kier alpha value is -4.05. The van der Waals surface area contributed by atoms with Crippen molar-refractivity contribution < 1.29 is 45.8 Å². The lowest BCUT2D eigenvalue weighted by Gasteiger charge is -2.19. The number of aliphatic hydroxyl groups excluding tert-OH is 1. The lowest BCUT2D eigenvalue weighted by atomic mass is 10.0. The molecular formula is C24H22ClF6N5O5. The summed E-state index contributed by atoms with van der Waals surface area (Å²) in [4.78, 5) is 36.8. The Morgan fingerprint density at radius 3 is 2.34 bits per heavy atom. The van der Waals surface area contributed by atoms with Gasteiger partial charge in [0.05, 0.1) is 18.2 Å². The van der Waals surface area contributed by atoms with Crippen molar-refractivity contribution in [3.63, 3.8) is 0 Å². The van der Waals surface area contributed by atoms with Crippen LogP contribution in [0.5, 0.6) is 0 Å². The third-order valence-corrected chi connectivity index (χ3v) is 5.83. The molecule has 4 N–H and O–H groups in total. The van der Waals surface area contributed by atoms with Gasteiger partial charge in [-0.1, -0.05) is 29.8 Å². The number of halogens is 7. The van der Waals surface area contributed by atoms with Crippen LogP contribution >= 0.6 is 11.6 Å². The van der Waals surface area contributed by atoms with Gasteiger partial charge in [-0.25, -0.2) is 14.3 Å². The van der Waals surface area contributed by atoms with Crippen molar-refractivity contribution in [1.82, 2.24) is 19.7 Å². The fourth-order valence-electron chi connectivity index (χ4n) is 3.70. The molecule has 2 aromatic carbocycles. The van der Waals surface area contributed by atoms with E-state index in [4.69, 9.17) is 17.3 Å². The molecule has 0 radical (unpaired) electrons. The molecular weight excluding hydrogens is 588 g/mol. The Bertz CT molecular complexity index is 1440. The van der Waals surface area contributed by atoms with Gasteiger partial charge in [0.15, 0.2) is 11.9 Å². The molecule has 0 aliphatic carbocycles. The summed E-state index contributed by atoms with van der Waals surface area (Å²) in [6.07, 6.45) is -14.1. The van der Waals surface area contributed by atoms with E-state index in [1.54, 1.807) is 0 Å². The average molecular weight is 610 g/mol. The van der Waals surface area contributed by atoms with Crippen molar-refractivity contribution in [1.29, 1.82) is 0 Å². The molecule has 1 aromatic heterocycles. The zero-order valence-electron chi connectivity index (χ0n) is 20.7. The molecule has 10 nitrogen and oxygen atoms in total. The van der Waals surface area contributed by atoms with Crippen LogP contribution in [0.2, 0.25) is 5.02 Å². The number of carbonyl (C=O) groups is 2. The molecule has 2 amide bonds. The maximum atomic E-state index is 13.1. The molecule has 3 rings (SSSR count). The van der Waals surface area contributed by atoms with E-state index in [1.165, 1.54) is 30.3 Å². The molecule has 222 valence electrons. The number of alkyl halides is 6. The first-order valence-electron chi connectivity index (χ1n) is 11.6. The van der Waals surface area contributed by atoms with Gasteiger partial charge in [0.25, 0.3) is 0 Å². The molecule has 0 aliphatic heterocycles. The normalized spacial score (nSPS) is 13.5. The van der Waals surface area contributed by atoms with Crippen molar-refractivity contribution in [2.45, 2.75) is 44.0 Å². The molecule has 17 heteroatoms. The molecule has 0 saturated carbocycles. The minimum atomic E-state index is -5.06. The summed E-state index contributed by atoms with van der Waals surface area (Å²) in [5.41, 5.74) is 3.10. The summed E-state index contributed by atoms with van der Waals surface area (Å²) < 4.78 is 84.1. The van der Waals surface area contributed by atoms with Crippen molar-refractivity contribution >= 4 is 23.6 Å². The Labute approximate surface area is 232 Å². The number of aliphatic hydroxyl groups is 1. The van der Waals surface area contributed by atoms with E-state index in [0.717, 1.165) is 18.2 Å². The van der Waals surface area contributed by atoms with Crippen molar-refractivity contribution in [3.8, 4) is 11.4 Å². The molecule has 1 heterocycles. The van der Waals surface area contributed by atoms with Crippen LogP contribution in [0.3, 0.4) is 0 Å². The van der Waals surface area contributed by atoms with Gasteiger partial charge in [0, 0.05) is 10.6 Å². The fraction of sp³-hybridized carbons (Fsp3) is 0.333. The van der Waals surface area contributed by atoms with Crippen LogP contribution in [-0.4, -0.2) is 56.4 Å². The molecule has 2 atom stereocenters. The minimum Gasteiger partial charge on any atom is -0.448 e. The number of amides is 2. The summed E-state index contributed by atoms with van der Waals surface area (Å²) in [6, 6.07) is 8.53. The van der Waals surface area contributed by atoms with Gasteiger partial charge < -0.3 is 20.9 Å². The quantitative estimate of drug-likeness (QED) is 0.302. The van der Waals surface area contributed by atoms with Crippen LogP contribution in [0, 0.1) is 0 Å². The maximum absolute atomic E-state index is 13.1. The number of aromatic nitrogens is 3. The van der Waals surface area contributed by atoms with Gasteiger partial charge in [-0.15, -0.1) is 5.10 Å². The number of ether oxygens (including phenoxy) is 1. The summed E-state index contributed by atoms with van der Waals surface area (Å²) in [5, 5.41) is 16.2. The number of nitrogens with zero attached hydrogens (tertiary/aromatic N) is 3. The molecule has 3 aromatic rings. The highest BCUT2D eigenvalue weighted by Gasteiger charge is 2.39. The monoisotopic (exact) mass is 609 g/mol. The standard InChI is InChI=1S/C24H22ClF6N5O5/c25-16-6-4-14(5-7-16)20-34-36(22(40)35(20)10-18(37)24(29,30)31)11-19(38)33-17(12-41-21(32)39)9-13-2-1-3-15(8-13)23(26,27)28/h1-8,17-18,37H,9-12H2,(H2,32,39)(H,33,38)/t17-,18-/m0/s1. The Balaban J connectivity index is 1.87. The zero-order valence-corrected chi connectivity index (χ0v) is 21.5. The van der Waals surface area contributed by atoms with E-state index in [2.05, 4.69) is 15.2 Å². The SMILES string of the molecule is NC(=O)OC[C@H](Cc1cccc(C(F)(F)F)c1)NC(=O)Cn1nc(-c2ccc(Cl)cc2)n(C[C@H](O)C(F)(F)F)c1=O. The fourth-order valence-corrected chi connectivity index (χ4v) is 3.83. The van der Waals surface area contributed by atoms with Crippen molar-refractivity contribution in [2.24, 2.45) is 5.73 Å². The van der Waals surface area contributed by atoms with Crippen LogP contribution in [0.4, 0.5) is 31.1 Å². The zero-order chi connectivity index (χ0) is 30.5. The first-order valence-corrected chi connectivity index (χ1v) is 12.0. The molecule has 0 aliphatic rings. The summed E-state index contributed by atoms with van der Waals surface area (Å²) in [7, 11) is 0. The lowest BCUT2D eigenvalue weighted by Crippen LogP contribution is -2.44. The lowest BCUT2D eigenvalue weighted by molar-refractivity contribution is -0.207. The third-order valence-electron chi connectivity index (χ3n) is 5.58. The second-order valence-electron chi connectivity index (χ2n) is 8.74. The number of carbonyl (C=O) groups excluding carboxylic acids is 2. The summed E-state index contributed by atoms with van der Waals surface area (Å²) in [6.45, 7) is -2.62. The topological polar surface area (TPSA) is 141 Å². The van der Waals surface area contributed by atoms with E-state index >= 15 is 0 Å². The number of benzene rings is 2. The van der Waals surface area contributed by atoms with E-state index in [-0.39, 0.29) is 28.4 Å². The first kappa shape index (κ1) is 31.5. The average Bonchev–Trinajstić information content (AvgIpc) is 3.16. The highest BCUT2D eigenvalue weighted by atomic mass is 35.5. The molecule has 0 saturated heterocycles.